The van der Waals surface area contributed by atoms with Gasteiger partial charge in [-0.05, 0) is 30.9 Å². The zero-order valence-electron chi connectivity index (χ0n) is 16.0. The Kier molecular flexibility index (Phi) is 11.5. The van der Waals surface area contributed by atoms with Crippen molar-refractivity contribution in [3.8, 4) is 11.5 Å². The highest BCUT2D eigenvalue weighted by atomic mass is 16.5. The molecule has 3 N–H and O–H groups in total. The van der Waals surface area contributed by atoms with Crippen molar-refractivity contribution < 1.29 is 24.9 Å². The number of carboxylic acid groups (broad SMARTS) is 1. The molecule has 1 aromatic rings. The van der Waals surface area contributed by atoms with E-state index in [0.29, 0.717) is 12.0 Å². The third-order valence-corrected chi connectivity index (χ3v) is 4.75. The Hall–Kier alpha value is -1.75. The summed E-state index contributed by atoms with van der Waals surface area (Å²) in [7, 11) is 1.75. The first kappa shape index (κ1) is 22.3. The first-order valence-corrected chi connectivity index (χ1v) is 9.84. The molecule has 1 aromatic carbocycles. The van der Waals surface area contributed by atoms with Crippen LogP contribution in [0, 0.1) is 0 Å². The van der Waals surface area contributed by atoms with Crippen LogP contribution >= 0.6 is 0 Å². The van der Waals surface area contributed by atoms with Gasteiger partial charge in [-0.2, -0.15) is 0 Å². The van der Waals surface area contributed by atoms with E-state index in [2.05, 4.69) is 0 Å². The minimum Gasteiger partial charge on any atom is -0.504 e. The standard InChI is InChI=1S/C21H34O5/c1-26-16-12-10-8-6-4-2-3-5-7-9-11-13-17-14-15-18(22)20(23)19(17)21(24)25/h14-15,22-23H,2-13,16H2,1H3,(H,24,25). The molecule has 5 heteroatoms. The van der Waals surface area contributed by atoms with Gasteiger partial charge in [0.1, 0.15) is 5.56 Å². The monoisotopic (exact) mass is 366 g/mol. The van der Waals surface area contributed by atoms with Gasteiger partial charge >= 0.3 is 5.97 Å². The second-order valence-electron chi connectivity index (χ2n) is 6.90. The van der Waals surface area contributed by atoms with Crippen LogP contribution in [-0.4, -0.2) is 35.0 Å². The van der Waals surface area contributed by atoms with E-state index in [9.17, 15) is 20.1 Å². The van der Waals surface area contributed by atoms with Crippen LogP contribution in [-0.2, 0) is 11.2 Å². The van der Waals surface area contributed by atoms with Crippen LogP contribution in [0.25, 0.3) is 0 Å². The highest BCUT2D eigenvalue weighted by Gasteiger charge is 2.18. The van der Waals surface area contributed by atoms with E-state index < -0.39 is 11.7 Å². The van der Waals surface area contributed by atoms with Gasteiger partial charge in [0.15, 0.2) is 11.5 Å². The summed E-state index contributed by atoms with van der Waals surface area (Å²) in [5, 5.41) is 28.4. The van der Waals surface area contributed by atoms with Crippen LogP contribution in [0.3, 0.4) is 0 Å². The molecular formula is C21H34O5. The number of unbranched alkanes of at least 4 members (excludes halogenated alkanes) is 10. The second kappa shape index (κ2) is 13.5. The van der Waals surface area contributed by atoms with E-state index in [-0.39, 0.29) is 11.3 Å². The Bertz CT molecular complexity index is 527. The summed E-state index contributed by atoms with van der Waals surface area (Å²) >= 11 is 0. The molecule has 0 fully saturated rings. The van der Waals surface area contributed by atoms with Crippen LogP contribution < -0.4 is 0 Å². The van der Waals surface area contributed by atoms with E-state index in [1.165, 1.54) is 57.4 Å². The minimum atomic E-state index is -1.20. The number of aromatic carboxylic acids is 1. The van der Waals surface area contributed by atoms with Gasteiger partial charge in [-0.25, -0.2) is 4.79 Å². The molecule has 0 unspecified atom stereocenters. The van der Waals surface area contributed by atoms with Crippen LogP contribution in [0.15, 0.2) is 12.1 Å². The maximum atomic E-state index is 11.3. The van der Waals surface area contributed by atoms with Crippen molar-refractivity contribution >= 4 is 5.97 Å². The molecule has 0 spiro atoms. The fraction of sp³-hybridized carbons (Fsp3) is 0.667. The van der Waals surface area contributed by atoms with Gasteiger partial charge in [-0.15, -0.1) is 0 Å². The highest BCUT2D eigenvalue weighted by Crippen LogP contribution is 2.32. The molecule has 0 bridgehead atoms. The molecule has 0 saturated heterocycles. The normalized spacial score (nSPS) is 11.0. The average molecular weight is 366 g/mol. The number of phenolic OH excluding ortho intramolecular Hbond substituents is 1. The summed E-state index contributed by atoms with van der Waals surface area (Å²) in [6.45, 7) is 0.873. The van der Waals surface area contributed by atoms with Gasteiger partial charge in [0, 0.05) is 13.7 Å². The Balaban J connectivity index is 2.08. The van der Waals surface area contributed by atoms with Gasteiger partial charge in [0.2, 0.25) is 0 Å². The van der Waals surface area contributed by atoms with Crippen LogP contribution in [0.5, 0.6) is 11.5 Å². The summed E-state index contributed by atoms with van der Waals surface area (Å²) in [6, 6.07) is 2.94. The van der Waals surface area contributed by atoms with Crippen molar-refractivity contribution in [2.75, 3.05) is 13.7 Å². The zero-order chi connectivity index (χ0) is 19.2. The number of ether oxygens (including phenoxy) is 1. The number of methoxy groups -OCH3 is 1. The summed E-state index contributed by atoms with van der Waals surface area (Å²) in [5.41, 5.74) is 0.414. The Morgan fingerprint density at radius 3 is 1.85 bits per heavy atom. The summed E-state index contributed by atoms with van der Waals surface area (Å²) in [4.78, 5) is 11.3. The maximum Gasteiger partial charge on any atom is 0.339 e. The zero-order valence-corrected chi connectivity index (χ0v) is 16.0. The van der Waals surface area contributed by atoms with Gasteiger partial charge in [0.25, 0.3) is 0 Å². The number of hydrogen-bond donors (Lipinski definition) is 3. The first-order valence-electron chi connectivity index (χ1n) is 9.84. The van der Waals surface area contributed by atoms with Crippen molar-refractivity contribution in [3.63, 3.8) is 0 Å². The van der Waals surface area contributed by atoms with Crippen molar-refractivity contribution in [2.45, 2.75) is 77.0 Å². The van der Waals surface area contributed by atoms with Crippen LogP contribution in [0.4, 0.5) is 0 Å². The van der Waals surface area contributed by atoms with Crippen molar-refractivity contribution in [1.82, 2.24) is 0 Å². The first-order chi connectivity index (χ1) is 12.6. The lowest BCUT2D eigenvalue weighted by molar-refractivity contribution is 0.0691. The van der Waals surface area contributed by atoms with Crippen LogP contribution in [0.1, 0.15) is 86.6 Å². The van der Waals surface area contributed by atoms with Gasteiger partial charge < -0.3 is 20.1 Å². The number of carboxylic acids is 1. The molecule has 0 aliphatic carbocycles. The molecule has 0 aromatic heterocycles. The molecular weight excluding hydrogens is 332 g/mol. The molecule has 0 radical (unpaired) electrons. The fourth-order valence-electron chi connectivity index (χ4n) is 3.22. The van der Waals surface area contributed by atoms with E-state index in [1.54, 1.807) is 13.2 Å². The molecule has 5 nitrogen and oxygen atoms in total. The van der Waals surface area contributed by atoms with Crippen molar-refractivity contribution in [2.24, 2.45) is 0 Å². The van der Waals surface area contributed by atoms with Gasteiger partial charge in [-0.1, -0.05) is 63.9 Å². The highest BCUT2D eigenvalue weighted by molar-refractivity contribution is 5.93. The van der Waals surface area contributed by atoms with Crippen molar-refractivity contribution in [1.29, 1.82) is 0 Å². The number of phenols is 2. The lowest BCUT2D eigenvalue weighted by Gasteiger charge is -2.09. The number of aryl methyl sites for hydroxylation is 1. The number of rotatable bonds is 15. The summed E-state index contributed by atoms with van der Waals surface area (Å²) in [6.07, 6.45) is 13.8. The molecule has 0 heterocycles. The van der Waals surface area contributed by atoms with Gasteiger partial charge in [-0.3, -0.25) is 0 Å². The lowest BCUT2D eigenvalue weighted by Crippen LogP contribution is -2.03. The third-order valence-electron chi connectivity index (χ3n) is 4.75. The topological polar surface area (TPSA) is 87.0 Å². The number of benzene rings is 1. The van der Waals surface area contributed by atoms with E-state index in [0.717, 1.165) is 25.9 Å². The molecule has 0 saturated carbocycles. The molecule has 0 aliphatic heterocycles. The molecule has 0 amide bonds. The number of aromatic hydroxyl groups is 2. The Morgan fingerprint density at radius 1 is 0.846 bits per heavy atom. The minimum absolute atomic E-state index is 0.171. The third kappa shape index (κ3) is 8.56. The number of carbonyl (C=O) groups is 1. The smallest absolute Gasteiger partial charge is 0.339 e. The molecule has 26 heavy (non-hydrogen) atoms. The Labute approximate surface area is 157 Å². The average Bonchev–Trinajstić information content (AvgIpc) is 2.61. The summed E-state index contributed by atoms with van der Waals surface area (Å²) < 4.78 is 5.04. The SMILES string of the molecule is COCCCCCCCCCCCCCc1ccc(O)c(O)c1C(=O)O. The summed E-state index contributed by atoms with van der Waals surface area (Å²) in [5.74, 6) is -2.11. The van der Waals surface area contributed by atoms with Crippen molar-refractivity contribution in [3.05, 3.63) is 23.3 Å². The van der Waals surface area contributed by atoms with Crippen LogP contribution in [0.2, 0.25) is 0 Å². The molecule has 1 rings (SSSR count). The second-order valence-corrected chi connectivity index (χ2v) is 6.90. The largest absolute Gasteiger partial charge is 0.504 e. The predicted octanol–water partition coefficient (Wildman–Crippen LogP) is 5.28. The predicted molar refractivity (Wildman–Crippen MR) is 103 cm³/mol. The Morgan fingerprint density at radius 2 is 1.35 bits per heavy atom. The van der Waals surface area contributed by atoms with E-state index in [1.807, 2.05) is 0 Å². The molecule has 0 aliphatic rings. The fourth-order valence-corrected chi connectivity index (χ4v) is 3.22. The maximum absolute atomic E-state index is 11.3. The molecule has 0 atom stereocenters. The van der Waals surface area contributed by atoms with E-state index in [4.69, 9.17) is 4.74 Å². The lowest BCUT2D eigenvalue weighted by atomic mass is 9.99. The molecule has 148 valence electrons. The van der Waals surface area contributed by atoms with E-state index >= 15 is 0 Å². The quantitative estimate of drug-likeness (QED) is 0.290. The van der Waals surface area contributed by atoms with Gasteiger partial charge in [0.05, 0.1) is 0 Å². The number of hydrogen-bond acceptors (Lipinski definition) is 4.